The molecule has 0 saturated heterocycles. The summed E-state index contributed by atoms with van der Waals surface area (Å²) in [5.74, 6) is 0. The molecule has 2 rings (SSSR count). The molecule has 0 amide bonds. The van der Waals surface area contributed by atoms with Gasteiger partial charge < -0.3 is 4.90 Å². The van der Waals surface area contributed by atoms with Crippen molar-refractivity contribution < 1.29 is 0 Å². The van der Waals surface area contributed by atoms with E-state index in [9.17, 15) is 0 Å². The molecule has 0 fully saturated rings. The molecule has 14 heavy (non-hydrogen) atoms. The van der Waals surface area contributed by atoms with E-state index >= 15 is 0 Å². The zero-order chi connectivity index (χ0) is 9.80. The molecule has 0 unspecified atom stereocenters. The molecule has 0 atom stereocenters. The fraction of sp³-hybridized carbons (Fsp3) is 0.400. The van der Waals surface area contributed by atoms with Crippen LogP contribution in [0.3, 0.4) is 0 Å². The smallest absolute Gasteiger partial charge is 0.106 e. The Morgan fingerprint density at radius 1 is 1.29 bits per heavy atom. The Morgan fingerprint density at radius 2 is 2.21 bits per heavy atom. The number of rotatable bonds is 1. The highest BCUT2D eigenvalue weighted by Crippen LogP contribution is 2.16. The zero-order valence-corrected chi connectivity index (χ0v) is 9.44. The summed E-state index contributed by atoms with van der Waals surface area (Å²) in [6, 6.07) is 4.06. The standard InChI is InChI=1S/C10H12BrN3/c11-10-3-2-9(8-13-10)14-6-1-4-12-5-7-14/h2-4,8H,1,5-7H2. The molecule has 0 saturated carbocycles. The van der Waals surface area contributed by atoms with Gasteiger partial charge in [-0.3, -0.25) is 4.99 Å². The number of pyridine rings is 1. The zero-order valence-electron chi connectivity index (χ0n) is 7.86. The first-order valence-electron chi connectivity index (χ1n) is 4.71. The number of hydrogen-bond donors (Lipinski definition) is 0. The molecular formula is C10H12BrN3. The third-order valence-electron chi connectivity index (χ3n) is 2.23. The van der Waals surface area contributed by atoms with Crippen LogP contribution in [0.5, 0.6) is 0 Å². The van der Waals surface area contributed by atoms with E-state index in [1.54, 1.807) is 0 Å². The van der Waals surface area contributed by atoms with E-state index in [1.807, 2.05) is 18.5 Å². The Labute approximate surface area is 92.0 Å². The van der Waals surface area contributed by atoms with Gasteiger partial charge in [-0.25, -0.2) is 4.98 Å². The highest BCUT2D eigenvalue weighted by molar-refractivity contribution is 9.10. The van der Waals surface area contributed by atoms with Gasteiger partial charge in [0.2, 0.25) is 0 Å². The van der Waals surface area contributed by atoms with Gasteiger partial charge in [0, 0.05) is 19.3 Å². The average Bonchev–Trinajstić information content (AvgIpc) is 2.47. The molecule has 0 aromatic carbocycles. The quantitative estimate of drug-likeness (QED) is 0.718. The summed E-state index contributed by atoms with van der Waals surface area (Å²) >= 11 is 3.33. The van der Waals surface area contributed by atoms with Crippen LogP contribution >= 0.6 is 15.9 Å². The van der Waals surface area contributed by atoms with Gasteiger partial charge >= 0.3 is 0 Å². The van der Waals surface area contributed by atoms with Crippen LogP contribution < -0.4 is 4.90 Å². The first-order valence-corrected chi connectivity index (χ1v) is 5.50. The van der Waals surface area contributed by atoms with E-state index in [0.717, 1.165) is 30.7 Å². The average molecular weight is 254 g/mol. The first-order chi connectivity index (χ1) is 6.86. The van der Waals surface area contributed by atoms with Crippen molar-refractivity contribution in [2.24, 2.45) is 4.99 Å². The summed E-state index contributed by atoms with van der Waals surface area (Å²) in [7, 11) is 0. The number of anilines is 1. The summed E-state index contributed by atoms with van der Waals surface area (Å²) in [5.41, 5.74) is 1.18. The van der Waals surface area contributed by atoms with Gasteiger partial charge in [0.1, 0.15) is 4.60 Å². The van der Waals surface area contributed by atoms with Gasteiger partial charge in [-0.1, -0.05) is 0 Å². The number of aliphatic imine (C=N–C) groups is 1. The van der Waals surface area contributed by atoms with E-state index in [4.69, 9.17) is 0 Å². The molecule has 3 nitrogen and oxygen atoms in total. The lowest BCUT2D eigenvalue weighted by molar-refractivity contribution is 0.821. The lowest BCUT2D eigenvalue weighted by Gasteiger charge is -2.21. The second-order valence-corrected chi connectivity index (χ2v) is 4.02. The maximum Gasteiger partial charge on any atom is 0.106 e. The number of halogens is 1. The van der Waals surface area contributed by atoms with Crippen LogP contribution in [0.1, 0.15) is 6.42 Å². The Bertz CT molecular complexity index is 311. The summed E-state index contributed by atoms with van der Waals surface area (Å²) in [6.45, 7) is 2.91. The van der Waals surface area contributed by atoms with Gasteiger partial charge in [0.15, 0.2) is 0 Å². The van der Waals surface area contributed by atoms with E-state index in [1.165, 1.54) is 5.69 Å². The van der Waals surface area contributed by atoms with Crippen molar-refractivity contribution >= 4 is 27.8 Å². The second kappa shape index (κ2) is 4.55. The van der Waals surface area contributed by atoms with Crippen molar-refractivity contribution in [3.05, 3.63) is 22.9 Å². The van der Waals surface area contributed by atoms with Gasteiger partial charge in [0.25, 0.3) is 0 Å². The van der Waals surface area contributed by atoms with Crippen LogP contribution in [-0.4, -0.2) is 30.8 Å². The molecule has 0 spiro atoms. The minimum absolute atomic E-state index is 0.882. The number of hydrogen-bond acceptors (Lipinski definition) is 3. The summed E-state index contributed by atoms with van der Waals surface area (Å²) < 4.78 is 0.882. The molecule has 1 aliphatic rings. The molecule has 0 bridgehead atoms. The SMILES string of the molecule is Brc1ccc(N2CCC=NCC2)cn1. The third-order valence-corrected chi connectivity index (χ3v) is 2.70. The van der Waals surface area contributed by atoms with Crippen molar-refractivity contribution in [2.75, 3.05) is 24.5 Å². The monoisotopic (exact) mass is 253 g/mol. The Balaban J connectivity index is 2.10. The molecule has 74 valence electrons. The van der Waals surface area contributed by atoms with Crippen LogP contribution in [0.2, 0.25) is 0 Å². The molecule has 0 radical (unpaired) electrons. The predicted octanol–water partition coefficient (Wildman–Crippen LogP) is 2.12. The minimum atomic E-state index is 0.882. The summed E-state index contributed by atoms with van der Waals surface area (Å²) in [5, 5.41) is 0. The van der Waals surface area contributed by atoms with Crippen LogP contribution in [0, 0.1) is 0 Å². The number of nitrogens with zero attached hydrogens (tertiary/aromatic N) is 3. The molecule has 0 aliphatic carbocycles. The molecule has 1 aromatic rings. The summed E-state index contributed by atoms with van der Waals surface area (Å²) in [6.07, 6.45) is 4.93. The van der Waals surface area contributed by atoms with Crippen molar-refractivity contribution in [2.45, 2.75) is 6.42 Å². The predicted molar refractivity (Wildman–Crippen MR) is 62.1 cm³/mol. The van der Waals surface area contributed by atoms with Gasteiger partial charge in [-0.2, -0.15) is 0 Å². The van der Waals surface area contributed by atoms with Gasteiger partial charge in [-0.05, 0) is 34.5 Å². The second-order valence-electron chi connectivity index (χ2n) is 3.20. The lowest BCUT2D eigenvalue weighted by atomic mass is 10.3. The van der Waals surface area contributed by atoms with Crippen molar-refractivity contribution in [1.29, 1.82) is 0 Å². The van der Waals surface area contributed by atoms with E-state index in [0.29, 0.717) is 0 Å². The maximum absolute atomic E-state index is 4.27. The Hall–Kier alpha value is -0.900. The molecular weight excluding hydrogens is 242 g/mol. The van der Waals surface area contributed by atoms with Crippen molar-refractivity contribution in [1.82, 2.24) is 4.98 Å². The maximum atomic E-state index is 4.27. The largest absolute Gasteiger partial charge is 0.368 e. The van der Waals surface area contributed by atoms with E-state index in [2.05, 4.69) is 36.9 Å². The van der Waals surface area contributed by atoms with Crippen LogP contribution in [-0.2, 0) is 0 Å². The van der Waals surface area contributed by atoms with Crippen LogP contribution in [0.25, 0.3) is 0 Å². The fourth-order valence-corrected chi connectivity index (χ4v) is 1.73. The molecule has 2 heterocycles. The highest BCUT2D eigenvalue weighted by Gasteiger charge is 2.07. The minimum Gasteiger partial charge on any atom is -0.368 e. The molecule has 0 N–H and O–H groups in total. The topological polar surface area (TPSA) is 28.5 Å². The van der Waals surface area contributed by atoms with E-state index < -0.39 is 0 Å². The Morgan fingerprint density at radius 3 is 3.00 bits per heavy atom. The third kappa shape index (κ3) is 2.32. The normalized spacial score (nSPS) is 16.8. The van der Waals surface area contributed by atoms with Crippen molar-refractivity contribution in [3.63, 3.8) is 0 Å². The lowest BCUT2D eigenvalue weighted by Crippen LogP contribution is -2.25. The fourth-order valence-electron chi connectivity index (χ4n) is 1.50. The summed E-state index contributed by atoms with van der Waals surface area (Å²) in [4.78, 5) is 10.8. The van der Waals surface area contributed by atoms with Gasteiger partial charge in [-0.15, -0.1) is 0 Å². The van der Waals surface area contributed by atoms with Crippen molar-refractivity contribution in [3.8, 4) is 0 Å². The molecule has 1 aromatic heterocycles. The van der Waals surface area contributed by atoms with Crippen LogP contribution in [0.4, 0.5) is 5.69 Å². The molecule has 1 aliphatic heterocycles. The Kier molecular flexibility index (Phi) is 3.14. The highest BCUT2D eigenvalue weighted by atomic mass is 79.9. The number of aromatic nitrogens is 1. The van der Waals surface area contributed by atoms with E-state index in [-0.39, 0.29) is 0 Å². The molecule has 4 heteroatoms. The van der Waals surface area contributed by atoms with Gasteiger partial charge in [0.05, 0.1) is 18.4 Å². The van der Waals surface area contributed by atoms with Crippen LogP contribution in [0.15, 0.2) is 27.9 Å². The first kappa shape index (κ1) is 9.65.